The van der Waals surface area contributed by atoms with Crippen molar-refractivity contribution in [3.05, 3.63) is 47.0 Å². The van der Waals surface area contributed by atoms with Crippen LogP contribution in [0, 0.1) is 29.1 Å². The Labute approximate surface area is 117 Å². The molecule has 114 valence electrons. The molecule has 0 radical (unpaired) electrons. The minimum atomic E-state index is -2.19. The summed E-state index contributed by atoms with van der Waals surface area (Å²) in [6.45, 7) is 2.96. The first kappa shape index (κ1) is 15.5. The van der Waals surface area contributed by atoms with Gasteiger partial charge in [-0.2, -0.15) is 0 Å². The lowest BCUT2D eigenvalue weighted by atomic mass is 10.1. The zero-order chi connectivity index (χ0) is 15.6. The van der Waals surface area contributed by atoms with Crippen molar-refractivity contribution in [2.75, 3.05) is 6.54 Å². The molecule has 2 aromatic rings. The van der Waals surface area contributed by atoms with Gasteiger partial charge in [-0.05, 0) is 25.1 Å². The van der Waals surface area contributed by atoms with Crippen molar-refractivity contribution < 1.29 is 26.4 Å². The van der Waals surface area contributed by atoms with Crippen LogP contribution in [0.5, 0.6) is 0 Å². The van der Waals surface area contributed by atoms with E-state index < -0.39 is 40.4 Å². The predicted octanol–water partition coefficient (Wildman–Crippen LogP) is 4.14. The number of furan rings is 1. The molecule has 2 rings (SSSR count). The molecular weight excluding hydrogens is 293 g/mol. The fourth-order valence-corrected chi connectivity index (χ4v) is 1.82. The van der Waals surface area contributed by atoms with Crippen LogP contribution in [0.15, 0.2) is 16.5 Å². The number of hydrogen-bond donors (Lipinski definition) is 1. The number of rotatable bonds is 5. The van der Waals surface area contributed by atoms with Gasteiger partial charge < -0.3 is 9.73 Å². The molecule has 0 aliphatic rings. The first-order chi connectivity index (χ1) is 9.97. The standard InChI is InChI=1S/C14H12F5NO/c1-2-5-20-6-7-3-4-8(21-7)9-10(15)12(17)14(19)13(18)11(9)16/h3-4,20H,2,5-6H2,1H3. The van der Waals surface area contributed by atoms with Crippen molar-refractivity contribution in [2.24, 2.45) is 0 Å². The summed E-state index contributed by atoms with van der Waals surface area (Å²) in [6, 6.07) is 2.58. The maximum Gasteiger partial charge on any atom is 0.200 e. The van der Waals surface area contributed by atoms with Crippen molar-refractivity contribution in [3.63, 3.8) is 0 Å². The second-order valence-electron chi connectivity index (χ2n) is 4.39. The first-order valence-electron chi connectivity index (χ1n) is 6.28. The van der Waals surface area contributed by atoms with Crippen molar-refractivity contribution in [3.8, 4) is 11.3 Å². The third-order valence-electron chi connectivity index (χ3n) is 2.84. The number of benzene rings is 1. The Morgan fingerprint density at radius 2 is 1.48 bits per heavy atom. The van der Waals surface area contributed by atoms with Crippen molar-refractivity contribution in [2.45, 2.75) is 19.9 Å². The second kappa shape index (κ2) is 6.26. The smallest absolute Gasteiger partial charge is 0.200 e. The van der Waals surface area contributed by atoms with E-state index in [0.29, 0.717) is 18.8 Å². The quantitative estimate of drug-likeness (QED) is 0.389. The maximum atomic E-state index is 13.6. The monoisotopic (exact) mass is 305 g/mol. The zero-order valence-corrected chi connectivity index (χ0v) is 11.1. The molecule has 1 aromatic heterocycles. The third kappa shape index (κ3) is 2.92. The highest BCUT2D eigenvalue weighted by molar-refractivity contribution is 5.60. The van der Waals surface area contributed by atoms with Gasteiger partial charge in [0.15, 0.2) is 23.3 Å². The van der Waals surface area contributed by atoms with Gasteiger partial charge >= 0.3 is 0 Å². The minimum absolute atomic E-state index is 0.295. The highest BCUT2D eigenvalue weighted by Gasteiger charge is 2.28. The molecule has 1 heterocycles. The fraction of sp³-hybridized carbons (Fsp3) is 0.286. The van der Waals surface area contributed by atoms with Crippen LogP contribution in [-0.4, -0.2) is 6.54 Å². The van der Waals surface area contributed by atoms with E-state index in [1.165, 1.54) is 12.1 Å². The largest absolute Gasteiger partial charge is 0.460 e. The van der Waals surface area contributed by atoms with Gasteiger partial charge in [0, 0.05) is 0 Å². The molecule has 1 aromatic carbocycles. The second-order valence-corrected chi connectivity index (χ2v) is 4.39. The molecule has 0 spiro atoms. The van der Waals surface area contributed by atoms with Crippen LogP contribution in [0.3, 0.4) is 0 Å². The summed E-state index contributed by atoms with van der Waals surface area (Å²) in [5.74, 6) is -10.1. The van der Waals surface area contributed by atoms with Crippen molar-refractivity contribution in [1.82, 2.24) is 5.32 Å². The van der Waals surface area contributed by atoms with Crippen LogP contribution < -0.4 is 5.32 Å². The van der Waals surface area contributed by atoms with Crippen LogP contribution in [0.25, 0.3) is 11.3 Å². The van der Waals surface area contributed by atoms with E-state index >= 15 is 0 Å². The molecule has 0 aliphatic heterocycles. The third-order valence-corrected chi connectivity index (χ3v) is 2.84. The molecule has 0 atom stereocenters. The summed E-state index contributed by atoms with van der Waals surface area (Å²) < 4.78 is 71.6. The molecule has 0 amide bonds. The highest BCUT2D eigenvalue weighted by atomic mass is 19.2. The molecule has 1 N–H and O–H groups in total. The van der Waals surface area contributed by atoms with E-state index in [-0.39, 0.29) is 0 Å². The summed E-state index contributed by atoms with van der Waals surface area (Å²) >= 11 is 0. The van der Waals surface area contributed by atoms with Gasteiger partial charge in [-0.1, -0.05) is 6.92 Å². The predicted molar refractivity (Wildman–Crippen MR) is 65.9 cm³/mol. The van der Waals surface area contributed by atoms with Gasteiger partial charge in [-0.3, -0.25) is 0 Å². The molecule has 0 bridgehead atoms. The van der Waals surface area contributed by atoms with Crippen LogP contribution in [-0.2, 0) is 6.54 Å². The lowest BCUT2D eigenvalue weighted by Crippen LogP contribution is -2.13. The minimum Gasteiger partial charge on any atom is -0.460 e. The summed E-state index contributed by atoms with van der Waals surface area (Å²) in [4.78, 5) is 0. The average molecular weight is 305 g/mol. The molecule has 0 saturated carbocycles. The Bertz CT molecular complexity index is 624. The van der Waals surface area contributed by atoms with Crippen LogP contribution in [0.1, 0.15) is 19.1 Å². The lowest BCUT2D eigenvalue weighted by molar-refractivity contribution is 0.378. The van der Waals surface area contributed by atoms with Crippen molar-refractivity contribution in [1.29, 1.82) is 0 Å². The van der Waals surface area contributed by atoms with Crippen LogP contribution >= 0.6 is 0 Å². The Hall–Kier alpha value is -1.89. The van der Waals surface area contributed by atoms with Gasteiger partial charge in [-0.25, -0.2) is 22.0 Å². The van der Waals surface area contributed by atoms with E-state index in [0.717, 1.165) is 6.42 Å². The molecule has 2 nitrogen and oxygen atoms in total. The van der Waals surface area contributed by atoms with Crippen LogP contribution in [0.4, 0.5) is 22.0 Å². The van der Waals surface area contributed by atoms with Crippen LogP contribution in [0.2, 0.25) is 0 Å². The van der Waals surface area contributed by atoms with E-state index in [9.17, 15) is 22.0 Å². The summed E-state index contributed by atoms with van der Waals surface area (Å²) in [5.41, 5.74) is -1.06. The summed E-state index contributed by atoms with van der Waals surface area (Å²) in [5, 5.41) is 2.99. The molecule has 0 unspecified atom stereocenters. The Morgan fingerprint density at radius 1 is 0.905 bits per heavy atom. The normalized spacial score (nSPS) is 11.1. The molecule has 21 heavy (non-hydrogen) atoms. The SMILES string of the molecule is CCCNCc1ccc(-c2c(F)c(F)c(F)c(F)c2F)o1. The molecule has 0 aliphatic carbocycles. The van der Waals surface area contributed by atoms with Gasteiger partial charge in [0.2, 0.25) is 5.82 Å². The molecule has 0 fully saturated rings. The lowest BCUT2D eigenvalue weighted by Gasteiger charge is -2.06. The number of halogens is 5. The van der Waals surface area contributed by atoms with Gasteiger partial charge in [0.05, 0.1) is 12.1 Å². The summed E-state index contributed by atoms with van der Waals surface area (Å²) in [6.07, 6.45) is 0.880. The Morgan fingerprint density at radius 3 is 2.05 bits per heavy atom. The maximum absolute atomic E-state index is 13.6. The molecule has 0 saturated heterocycles. The first-order valence-corrected chi connectivity index (χ1v) is 6.28. The Kier molecular flexibility index (Phi) is 4.62. The van der Waals surface area contributed by atoms with E-state index in [1.54, 1.807) is 0 Å². The topological polar surface area (TPSA) is 25.2 Å². The van der Waals surface area contributed by atoms with E-state index in [1.807, 2.05) is 6.92 Å². The molecular formula is C14H12F5NO. The fourth-order valence-electron chi connectivity index (χ4n) is 1.82. The number of hydrogen-bond acceptors (Lipinski definition) is 2. The highest BCUT2D eigenvalue weighted by Crippen LogP contribution is 2.32. The van der Waals surface area contributed by atoms with E-state index in [4.69, 9.17) is 4.42 Å². The van der Waals surface area contributed by atoms with Gasteiger partial charge in [0.1, 0.15) is 11.5 Å². The van der Waals surface area contributed by atoms with Gasteiger partial charge in [0.25, 0.3) is 0 Å². The number of nitrogens with one attached hydrogen (secondary N) is 1. The summed E-state index contributed by atoms with van der Waals surface area (Å²) in [7, 11) is 0. The van der Waals surface area contributed by atoms with Gasteiger partial charge in [-0.15, -0.1) is 0 Å². The molecule has 7 heteroatoms. The van der Waals surface area contributed by atoms with Crippen molar-refractivity contribution >= 4 is 0 Å². The zero-order valence-electron chi connectivity index (χ0n) is 11.1. The Balaban J connectivity index is 2.39. The van der Waals surface area contributed by atoms with E-state index in [2.05, 4.69) is 5.32 Å². The average Bonchev–Trinajstić information content (AvgIpc) is 2.92.